The summed E-state index contributed by atoms with van der Waals surface area (Å²) in [7, 11) is 1.22. The monoisotopic (exact) mass is 173 g/mol. The number of hydrogen-bond acceptors (Lipinski definition) is 5. The van der Waals surface area contributed by atoms with Crippen LogP contribution in [0, 0.1) is 0 Å². The SMILES string of the molecule is COC(=O)/C(=C/SC)N=C=O. The van der Waals surface area contributed by atoms with Gasteiger partial charge < -0.3 is 4.74 Å². The van der Waals surface area contributed by atoms with Crippen LogP contribution in [0.5, 0.6) is 0 Å². The van der Waals surface area contributed by atoms with Crippen molar-refractivity contribution in [3.63, 3.8) is 0 Å². The highest BCUT2D eigenvalue weighted by Crippen LogP contribution is 2.05. The lowest BCUT2D eigenvalue weighted by Gasteiger charge is -1.94. The molecule has 0 saturated carbocycles. The fourth-order valence-corrected chi connectivity index (χ4v) is 0.758. The highest BCUT2D eigenvalue weighted by Gasteiger charge is 2.06. The first kappa shape index (κ1) is 9.94. The van der Waals surface area contributed by atoms with Gasteiger partial charge in [0.1, 0.15) is 0 Å². The van der Waals surface area contributed by atoms with Crippen LogP contribution in [0.15, 0.2) is 16.1 Å². The van der Waals surface area contributed by atoms with Crippen LogP contribution < -0.4 is 0 Å². The topological polar surface area (TPSA) is 55.7 Å². The molecule has 0 aliphatic carbocycles. The van der Waals surface area contributed by atoms with Crippen molar-refractivity contribution in [1.29, 1.82) is 0 Å². The largest absolute Gasteiger partial charge is 0.464 e. The van der Waals surface area contributed by atoms with Gasteiger partial charge in [0.15, 0.2) is 5.70 Å². The molecule has 0 unspecified atom stereocenters. The minimum Gasteiger partial charge on any atom is -0.464 e. The molecular formula is C6H7NO3S. The van der Waals surface area contributed by atoms with Crippen LogP contribution >= 0.6 is 11.8 Å². The molecular weight excluding hydrogens is 166 g/mol. The number of aliphatic imine (C=N–C) groups is 1. The highest BCUT2D eigenvalue weighted by atomic mass is 32.2. The van der Waals surface area contributed by atoms with Crippen molar-refractivity contribution in [2.24, 2.45) is 4.99 Å². The van der Waals surface area contributed by atoms with Gasteiger partial charge in [-0.25, -0.2) is 9.59 Å². The summed E-state index contributed by atoms with van der Waals surface area (Å²) in [6.07, 6.45) is 3.00. The van der Waals surface area contributed by atoms with Gasteiger partial charge in [-0.15, -0.1) is 11.8 Å². The van der Waals surface area contributed by atoms with Crippen LogP contribution in [-0.4, -0.2) is 25.4 Å². The van der Waals surface area contributed by atoms with Gasteiger partial charge in [0.05, 0.1) is 7.11 Å². The Hall–Kier alpha value is -1.06. The molecule has 0 aliphatic rings. The van der Waals surface area contributed by atoms with Gasteiger partial charge in [-0.05, 0) is 6.26 Å². The summed E-state index contributed by atoms with van der Waals surface area (Å²) in [4.78, 5) is 23.6. The van der Waals surface area contributed by atoms with Gasteiger partial charge in [0, 0.05) is 5.41 Å². The molecule has 0 aromatic heterocycles. The summed E-state index contributed by atoms with van der Waals surface area (Å²) in [6.45, 7) is 0. The van der Waals surface area contributed by atoms with Gasteiger partial charge in [0.25, 0.3) is 0 Å². The molecule has 0 spiro atoms. The van der Waals surface area contributed by atoms with E-state index < -0.39 is 5.97 Å². The van der Waals surface area contributed by atoms with E-state index in [1.54, 1.807) is 6.26 Å². The summed E-state index contributed by atoms with van der Waals surface area (Å²) < 4.78 is 4.32. The normalized spacial score (nSPS) is 10.2. The molecule has 60 valence electrons. The predicted molar refractivity (Wildman–Crippen MR) is 41.7 cm³/mol. The standard InChI is InChI=1S/C6H7NO3S/c1-10-6(9)5(3-11-2)7-4-8/h3H,1-2H3/b5-3-. The third kappa shape index (κ3) is 3.60. The summed E-state index contributed by atoms with van der Waals surface area (Å²) in [6, 6.07) is 0. The number of nitrogens with zero attached hydrogens (tertiary/aromatic N) is 1. The Kier molecular flexibility index (Phi) is 5.15. The molecule has 0 atom stereocenters. The minimum atomic E-state index is -0.636. The van der Waals surface area contributed by atoms with Crippen molar-refractivity contribution in [2.45, 2.75) is 0 Å². The number of isocyanates is 1. The van der Waals surface area contributed by atoms with E-state index in [0.717, 1.165) is 0 Å². The Labute approximate surface area is 68.3 Å². The van der Waals surface area contributed by atoms with Gasteiger partial charge >= 0.3 is 5.97 Å². The zero-order chi connectivity index (χ0) is 8.69. The van der Waals surface area contributed by atoms with E-state index in [1.165, 1.54) is 30.4 Å². The first-order valence-electron chi connectivity index (χ1n) is 2.65. The number of carbonyl (C=O) groups excluding carboxylic acids is 2. The molecule has 11 heavy (non-hydrogen) atoms. The predicted octanol–water partition coefficient (Wildman–Crippen LogP) is 0.700. The lowest BCUT2D eigenvalue weighted by atomic mass is 10.5. The maximum absolute atomic E-state index is 10.7. The lowest BCUT2D eigenvalue weighted by molar-refractivity contribution is -0.136. The summed E-state index contributed by atoms with van der Waals surface area (Å²) >= 11 is 1.26. The van der Waals surface area contributed by atoms with Crippen molar-refractivity contribution < 1.29 is 14.3 Å². The van der Waals surface area contributed by atoms with E-state index >= 15 is 0 Å². The van der Waals surface area contributed by atoms with Gasteiger partial charge in [0.2, 0.25) is 6.08 Å². The van der Waals surface area contributed by atoms with Gasteiger partial charge in [-0.1, -0.05) is 0 Å². The smallest absolute Gasteiger partial charge is 0.358 e. The zero-order valence-corrected chi connectivity index (χ0v) is 6.97. The van der Waals surface area contributed by atoms with Crippen LogP contribution in [0.1, 0.15) is 0 Å². The van der Waals surface area contributed by atoms with Crippen molar-refractivity contribution in [1.82, 2.24) is 0 Å². The number of methoxy groups -OCH3 is 1. The Morgan fingerprint density at radius 1 is 1.73 bits per heavy atom. The molecule has 0 rings (SSSR count). The fourth-order valence-electron chi connectivity index (χ4n) is 0.385. The third-order valence-electron chi connectivity index (χ3n) is 0.790. The van der Waals surface area contributed by atoms with E-state index in [4.69, 9.17) is 0 Å². The second-order valence-electron chi connectivity index (χ2n) is 1.43. The number of thioether (sulfide) groups is 1. The van der Waals surface area contributed by atoms with E-state index in [-0.39, 0.29) is 5.70 Å². The Morgan fingerprint density at radius 3 is 2.73 bits per heavy atom. The van der Waals surface area contributed by atoms with Crippen molar-refractivity contribution in [2.75, 3.05) is 13.4 Å². The molecule has 0 saturated heterocycles. The zero-order valence-electron chi connectivity index (χ0n) is 6.16. The fraction of sp³-hybridized carbons (Fsp3) is 0.333. The van der Waals surface area contributed by atoms with E-state index in [1.807, 2.05) is 0 Å². The number of ether oxygens (including phenoxy) is 1. The number of carbonyl (C=O) groups is 1. The van der Waals surface area contributed by atoms with Crippen LogP contribution in [0.4, 0.5) is 0 Å². The van der Waals surface area contributed by atoms with Crippen molar-refractivity contribution >= 4 is 23.8 Å². The first-order valence-corrected chi connectivity index (χ1v) is 3.94. The van der Waals surface area contributed by atoms with Crippen molar-refractivity contribution in [3.05, 3.63) is 11.1 Å². The molecule has 0 N–H and O–H groups in total. The van der Waals surface area contributed by atoms with E-state index in [2.05, 4.69) is 9.73 Å². The molecule has 0 bridgehead atoms. The lowest BCUT2D eigenvalue weighted by Crippen LogP contribution is -2.01. The minimum absolute atomic E-state index is 0.0324. The van der Waals surface area contributed by atoms with Crippen LogP contribution in [0.2, 0.25) is 0 Å². The molecule has 0 fully saturated rings. The first-order chi connectivity index (χ1) is 5.26. The molecule has 5 heteroatoms. The van der Waals surface area contributed by atoms with Crippen LogP contribution in [-0.2, 0) is 14.3 Å². The van der Waals surface area contributed by atoms with Gasteiger partial charge in [-0.3, -0.25) is 0 Å². The average Bonchev–Trinajstić information content (AvgIpc) is 2.03. The van der Waals surface area contributed by atoms with Crippen LogP contribution in [0.25, 0.3) is 0 Å². The number of hydrogen-bond donors (Lipinski definition) is 0. The summed E-state index contributed by atoms with van der Waals surface area (Å²) in [5.41, 5.74) is -0.0324. The Bertz CT molecular complexity index is 218. The Morgan fingerprint density at radius 2 is 2.36 bits per heavy atom. The second-order valence-corrected chi connectivity index (χ2v) is 2.14. The van der Waals surface area contributed by atoms with E-state index in [0.29, 0.717) is 0 Å². The quantitative estimate of drug-likeness (QED) is 0.273. The number of rotatable bonds is 3. The summed E-state index contributed by atoms with van der Waals surface area (Å²) in [5.74, 6) is -0.636. The molecule has 0 amide bonds. The van der Waals surface area contributed by atoms with Crippen molar-refractivity contribution in [3.8, 4) is 0 Å². The molecule has 0 aromatic carbocycles. The molecule has 0 heterocycles. The van der Waals surface area contributed by atoms with Gasteiger partial charge in [-0.2, -0.15) is 4.99 Å². The highest BCUT2D eigenvalue weighted by molar-refractivity contribution is 8.01. The summed E-state index contributed by atoms with van der Waals surface area (Å²) in [5, 5.41) is 1.41. The second kappa shape index (κ2) is 5.70. The number of esters is 1. The Balaban J connectivity index is 4.46. The molecule has 0 aliphatic heterocycles. The molecule has 0 radical (unpaired) electrons. The third-order valence-corrected chi connectivity index (χ3v) is 1.25. The maximum Gasteiger partial charge on any atom is 0.358 e. The van der Waals surface area contributed by atoms with E-state index in [9.17, 15) is 9.59 Å². The maximum atomic E-state index is 10.7. The molecule has 0 aromatic rings. The van der Waals surface area contributed by atoms with Crippen LogP contribution in [0.3, 0.4) is 0 Å². The average molecular weight is 173 g/mol. The molecule has 4 nitrogen and oxygen atoms in total.